The summed E-state index contributed by atoms with van der Waals surface area (Å²) in [6.07, 6.45) is 6.99. The molecule has 9 atom stereocenters. The molecule has 4 saturated carbocycles. The largest absolute Gasteiger partial charge is 0.477 e. The minimum absolute atomic E-state index is 0.0125. The Kier molecular flexibility index (Phi) is 6.53. The number of ketones is 1. The highest BCUT2D eigenvalue weighted by Gasteiger charge is 2.63. The molecule has 0 aromatic carbocycles. The molecule has 7 nitrogen and oxygen atoms in total. The average Bonchev–Trinajstić information content (AvgIpc) is 3.08. The van der Waals surface area contributed by atoms with Crippen molar-refractivity contribution in [2.75, 3.05) is 0 Å². The summed E-state index contributed by atoms with van der Waals surface area (Å²) in [5.41, 5.74) is -0.274. The normalized spacial score (nSPS) is 42.9. The molecule has 0 saturated heterocycles. The molecule has 0 heterocycles. The fourth-order valence-corrected chi connectivity index (χ4v) is 9.41. The van der Waals surface area contributed by atoms with Crippen LogP contribution < -0.4 is 0 Å². The van der Waals surface area contributed by atoms with E-state index in [0.717, 1.165) is 44.9 Å². The highest BCUT2D eigenvalue weighted by atomic mass is 32.2. The third-order valence-electron chi connectivity index (χ3n) is 10.3. The van der Waals surface area contributed by atoms with Crippen molar-refractivity contribution >= 4 is 33.4 Å². The quantitative estimate of drug-likeness (QED) is 0.457. The van der Waals surface area contributed by atoms with Gasteiger partial charge in [-0.05, 0) is 91.8 Å². The maximum atomic E-state index is 13.8. The van der Waals surface area contributed by atoms with Crippen LogP contribution in [0.3, 0.4) is 0 Å². The lowest BCUT2D eigenvalue weighted by Crippen LogP contribution is -2.58. The first kappa shape index (κ1) is 24.4. The number of Topliss-reactive ketones (excluding diaryl/α,β-unsaturated/α-hetero) is 1. The van der Waals surface area contributed by atoms with Gasteiger partial charge in [0, 0.05) is 12.3 Å². The minimum Gasteiger partial charge on any atom is -0.477 e. The van der Waals surface area contributed by atoms with Crippen LogP contribution in [0, 0.1) is 46.3 Å². The van der Waals surface area contributed by atoms with Gasteiger partial charge in [0.15, 0.2) is 4.86 Å². The van der Waals surface area contributed by atoms with Gasteiger partial charge in [0.2, 0.25) is 10.3 Å². The van der Waals surface area contributed by atoms with Crippen molar-refractivity contribution in [1.82, 2.24) is 0 Å². The van der Waals surface area contributed by atoms with Crippen LogP contribution in [0.2, 0.25) is 0 Å². The van der Waals surface area contributed by atoms with Gasteiger partial charge >= 0.3 is 5.97 Å². The Bertz CT molecular complexity index is 963. The van der Waals surface area contributed by atoms with Gasteiger partial charge in [0.25, 0.3) is 6.47 Å². The number of ether oxygens (including phenoxy) is 1. The van der Waals surface area contributed by atoms with Crippen molar-refractivity contribution in [2.24, 2.45) is 46.3 Å². The van der Waals surface area contributed by atoms with E-state index in [4.69, 9.17) is 4.74 Å². The fraction of sp³-hybridized carbons (Fsp3) is 0.840. The van der Waals surface area contributed by atoms with Gasteiger partial charge < -0.3 is 9.84 Å². The molecule has 1 N–H and O–H groups in total. The SMILES string of the molecule is C[C@H](CC(C(=O)O)=S(=O)=O)[C@H]1CC[C@H]2[C@@H]3CC[C@@H]4C[C@H](OC=O)CC[C@]4(C)[C@H]3C(=O)C[C@]12C. The Balaban J connectivity index is 1.57. The molecule has 0 amide bonds. The Morgan fingerprint density at radius 2 is 1.91 bits per heavy atom. The van der Waals surface area contributed by atoms with Crippen molar-refractivity contribution in [3.63, 3.8) is 0 Å². The van der Waals surface area contributed by atoms with E-state index in [-0.39, 0.29) is 41.1 Å². The summed E-state index contributed by atoms with van der Waals surface area (Å²) < 4.78 is 28.1. The molecule has 0 unspecified atom stereocenters. The van der Waals surface area contributed by atoms with Gasteiger partial charge in [0.1, 0.15) is 11.9 Å². The molecule has 8 heteroatoms. The molecule has 4 aliphatic rings. The number of carboxylic acid groups (broad SMARTS) is 1. The average molecular weight is 481 g/mol. The molecule has 33 heavy (non-hydrogen) atoms. The molecule has 4 rings (SSSR count). The molecule has 4 aliphatic carbocycles. The zero-order valence-corrected chi connectivity index (χ0v) is 20.6. The second-order valence-electron chi connectivity index (χ2n) is 11.6. The van der Waals surface area contributed by atoms with Crippen LogP contribution in [0.1, 0.15) is 78.6 Å². The predicted molar refractivity (Wildman–Crippen MR) is 122 cm³/mol. The van der Waals surface area contributed by atoms with E-state index in [1.54, 1.807) is 0 Å². The summed E-state index contributed by atoms with van der Waals surface area (Å²) in [5.74, 6) is 0.126. The van der Waals surface area contributed by atoms with Gasteiger partial charge in [-0.2, -0.15) is 8.42 Å². The minimum atomic E-state index is -2.74. The van der Waals surface area contributed by atoms with Crippen molar-refractivity contribution in [3.8, 4) is 0 Å². The van der Waals surface area contributed by atoms with Crippen LogP contribution in [-0.2, 0) is 29.4 Å². The number of aliphatic carboxylic acids is 1. The Morgan fingerprint density at radius 1 is 1.18 bits per heavy atom. The number of carbonyl (C=O) groups is 3. The molecular formula is C25H36O7S. The van der Waals surface area contributed by atoms with Gasteiger partial charge in [-0.25, -0.2) is 4.79 Å². The van der Waals surface area contributed by atoms with E-state index in [0.29, 0.717) is 36.4 Å². The highest BCUT2D eigenvalue weighted by molar-refractivity contribution is 7.74. The second-order valence-corrected chi connectivity index (χ2v) is 12.6. The van der Waals surface area contributed by atoms with Crippen LogP contribution in [0.5, 0.6) is 0 Å². The molecule has 0 radical (unpaired) electrons. The molecular weight excluding hydrogens is 444 g/mol. The topological polar surface area (TPSA) is 115 Å². The van der Waals surface area contributed by atoms with Gasteiger partial charge in [-0.15, -0.1) is 0 Å². The van der Waals surface area contributed by atoms with E-state index < -0.39 is 21.1 Å². The summed E-state index contributed by atoms with van der Waals surface area (Å²) in [7, 11) is -2.74. The standard InChI is InChI=1S/C25H36O7S/c1-14(10-21(23(28)29)33(30)31)18-6-7-19-17-5-4-15-11-16(32-13-26)8-9-24(15,2)22(17)20(27)12-25(18,19)3/h13-19,22H,4-12H2,1-3H3,(H,28,29)/t14-,15-,16-,17+,18-,19+,22-,24+,25-/m1/s1. The van der Waals surface area contributed by atoms with E-state index in [9.17, 15) is 27.9 Å². The molecule has 184 valence electrons. The zero-order chi connectivity index (χ0) is 24.1. The number of fused-ring (bicyclic) bond motifs is 5. The molecule has 4 fully saturated rings. The summed E-state index contributed by atoms with van der Waals surface area (Å²) in [6.45, 7) is 6.96. The summed E-state index contributed by atoms with van der Waals surface area (Å²) in [5, 5.41) is 9.31. The van der Waals surface area contributed by atoms with Crippen LogP contribution in [0.15, 0.2) is 0 Å². The lowest BCUT2D eigenvalue weighted by molar-refractivity contribution is -0.166. The molecule has 0 aromatic heterocycles. The van der Waals surface area contributed by atoms with E-state index in [1.807, 2.05) is 6.92 Å². The first-order valence-electron chi connectivity index (χ1n) is 12.3. The number of hydrogen-bond acceptors (Lipinski definition) is 6. The maximum absolute atomic E-state index is 13.8. The molecule has 0 aliphatic heterocycles. The van der Waals surface area contributed by atoms with Crippen molar-refractivity contribution in [1.29, 1.82) is 0 Å². The predicted octanol–water partition coefficient (Wildman–Crippen LogP) is 3.53. The molecule has 0 bridgehead atoms. The highest BCUT2D eigenvalue weighted by Crippen LogP contribution is 2.67. The molecule has 0 aromatic rings. The Labute approximate surface area is 197 Å². The number of rotatable bonds is 6. The first-order chi connectivity index (χ1) is 15.5. The van der Waals surface area contributed by atoms with Crippen molar-refractivity contribution < 1.29 is 32.6 Å². The van der Waals surface area contributed by atoms with Crippen molar-refractivity contribution in [2.45, 2.75) is 84.7 Å². The van der Waals surface area contributed by atoms with Gasteiger partial charge in [-0.1, -0.05) is 20.8 Å². The maximum Gasteiger partial charge on any atom is 0.347 e. The fourth-order valence-electron chi connectivity index (χ4n) is 8.87. The summed E-state index contributed by atoms with van der Waals surface area (Å²) in [4.78, 5) is 35.6. The van der Waals surface area contributed by atoms with Crippen LogP contribution in [0.25, 0.3) is 0 Å². The first-order valence-corrected chi connectivity index (χ1v) is 13.4. The smallest absolute Gasteiger partial charge is 0.347 e. The van der Waals surface area contributed by atoms with E-state index in [1.165, 1.54) is 0 Å². The van der Waals surface area contributed by atoms with Crippen LogP contribution >= 0.6 is 0 Å². The third kappa shape index (κ3) is 3.96. The lowest BCUT2D eigenvalue weighted by atomic mass is 9.44. The number of carboxylic acids is 1. The monoisotopic (exact) mass is 480 g/mol. The van der Waals surface area contributed by atoms with Crippen molar-refractivity contribution in [3.05, 3.63) is 0 Å². The third-order valence-corrected chi connectivity index (χ3v) is 11.0. The van der Waals surface area contributed by atoms with E-state index in [2.05, 4.69) is 13.8 Å². The second kappa shape index (κ2) is 8.82. The Morgan fingerprint density at radius 3 is 2.55 bits per heavy atom. The van der Waals surface area contributed by atoms with Crippen LogP contribution in [-0.4, -0.2) is 42.7 Å². The van der Waals surface area contributed by atoms with Gasteiger partial charge in [-0.3, -0.25) is 9.59 Å². The Hall–Kier alpha value is -1.70. The number of carbonyl (C=O) groups excluding carboxylic acids is 2. The molecule has 0 spiro atoms. The lowest BCUT2D eigenvalue weighted by Gasteiger charge is -2.60. The van der Waals surface area contributed by atoms with Gasteiger partial charge in [0.05, 0.1) is 0 Å². The summed E-state index contributed by atoms with van der Waals surface area (Å²) in [6, 6.07) is 0. The number of hydrogen-bond donors (Lipinski definition) is 1. The summed E-state index contributed by atoms with van der Waals surface area (Å²) >= 11 is 0. The zero-order valence-electron chi connectivity index (χ0n) is 19.8. The van der Waals surface area contributed by atoms with Crippen LogP contribution in [0.4, 0.5) is 0 Å². The van der Waals surface area contributed by atoms with E-state index >= 15 is 0 Å².